The Morgan fingerprint density at radius 1 is 1.19 bits per heavy atom. The number of ketones is 3. The molecule has 1 heterocycles. The van der Waals surface area contributed by atoms with Crippen molar-refractivity contribution in [2.45, 2.75) is 56.9 Å². The second-order valence-corrected chi connectivity index (χ2v) is 5.30. The molecule has 0 aromatic heterocycles. The molecule has 8 nitrogen and oxygen atoms in total. The maximum absolute atomic E-state index is 12.0. The van der Waals surface area contributed by atoms with Crippen molar-refractivity contribution in [1.82, 2.24) is 0 Å². The van der Waals surface area contributed by atoms with Crippen molar-refractivity contribution in [2.24, 2.45) is 0 Å². The molecule has 1 rings (SSSR count). The molecule has 8 heteroatoms. The number of carbonyl (C=O) groups is 3. The zero-order valence-electron chi connectivity index (χ0n) is 12.3. The van der Waals surface area contributed by atoms with Crippen LogP contribution in [0.25, 0.3) is 0 Å². The minimum atomic E-state index is -2.43. The SMILES string of the molecule is CO[C@H]1O[C@H](C(=O)C(C)O)[C@](O)(C(C)=O)C[C@]1(O)C(C)=O. The fraction of sp³-hybridized carbons (Fsp3) is 0.769. The first kappa shape index (κ1) is 17.9. The highest BCUT2D eigenvalue weighted by molar-refractivity contribution is 5.98. The molecule has 0 spiro atoms. The van der Waals surface area contributed by atoms with Crippen LogP contribution in [0.2, 0.25) is 0 Å². The van der Waals surface area contributed by atoms with Crippen molar-refractivity contribution in [1.29, 1.82) is 0 Å². The van der Waals surface area contributed by atoms with Crippen molar-refractivity contribution in [3.8, 4) is 0 Å². The normalized spacial score (nSPS) is 37.9. The molecule has 0 aliphatic carbocycles. The molecule has 0 aromatic carbocycles. The van der Waals surface area contributed by atoms with E-state index in [2.05, 4.69) is 0 Å². The number of hydrogen-bond acceptors (Lipinski definition) is 8. The van der Waals surface area contributed by atoms with Crippen LogP contribution < -0.4 is 0 Å². The Bertz CT molecular complexity index is 459. The smallest absolute Gasteiger partial charge is 0.194 e. The number of aliphatic hydroxyl groups is 3. The third kappa shape index (κ3) is 2.90. The first-order valence-corrected chi connectivity index (χ1v) is 6.37. The second-order valence-electron chi connectivity index (χ2n) is 5.30. The molecule has 3 N–H and O–H groups in total. The molecule has 1 saturated heterocycles. The van der Waals surface area contributed by atoms with Gasteiger partial charge in [-0.05, 0) is 20.8 Å². The second kappa shape index (κ2) is 5.90. The Morgan fingerprint density at radius 2 is 1.67 bits per heavy atom. The molecule has 0 bridgehead atoms. The van der Waals surface area contributed by atoms with Gasteiger partial charge in [-0.25, -0.2) is 0 Å². The maximum Gasteiger partial charge on any atom is 0.194 e. The zero-order valence-corrected chi connectivity index (χ0v) is 12.3. The predicted molar refractivity (Wildman–Crippen MR) is 68.2 cm³/mol. The molecule has 120 valence electrons. The molecule has 21 heavy (non-hydrogen) atoms. The Balaban J connectivity index is 3.33. The summed E-state index contributed by atoms with van der Waals surface area (Å²) in [5.41, 5.74) is -4.70. The van der Waals surface area contributed by atoms with Crippen LogP contribution in [0.3, 0.4) is 0 Å². The van der Waals surface area contributed by atoms with Gasteiger partial charge < -0.3 is 24.8 Å². The van der Waals surface area contributed by atoms with Crippen LogP contribution in [0, 0.1) is 0 Å². The van der Waals surface area contributed by atoms with Gasteiger partial charge >= 0.3 is 0 Å². The highest BCUT2D eigenvalue weighted by Crippen LogP contribution is 2.38. The monoisotopic (exact) mass is 304 g/mol. The van der Waals surface area contributed by atoms with Gasteiger partial charge in [-0.15, -0.1) is 0 Å². The van der Waals surface area contributed by atoms with Crippen molar-refractivity contribution < 1.29 is 39.2 Å². The lowest BCUT2D eigenvalue weighted by atomic mass is 9.74. The van der Waals surface area contributed by atoms with Crippen LogP contribution in [-0.4, -0.2) is 69.5 Å². The van der Waals surface area contributed by atoms with E-state index in [-0.39, 0.29) is 0 Å². The fourth-order valence-corrected chi connectivity index (χ4v) is 2.31. The van der Waals surface area contributed by atoms with Crippen LogP contribution >= 0.6 is 0 Å². The number of Topliss-reactive ketones (excluding diaryl/α,β-unsaturated/α-hetero) is 3. The van der Waals surface area contributed by atoms with E-state index in [0.29, 0.717) is 0 Å². The molecule has 0 saturated carbocycles. The lowest BCUT2D eigenvalue weighted by molar-refractivity contribution is -0.297. The average molecular weight is 304 g/mol. The topological polar surface area (TPSA) is 130 Å². The highest BCUT2D eigenvalue weighted by atomic mass is 16.7. The van der Waals surface area contributed by atoms with Gasteiger partial charge in [0.05, 0.1) is 0 Å². The van der Waals surface area contributed by atoms with E-state index in [9.17, 15) is 29.7 Å². The Morgan fingerprint density at radius 3 is 2.00 bits per heavy atom. The number of rotatable bonds is 5. The Hall–Kier alpha value is -1.19. The van der Waals surface area contributed by atoms with Crippen molar-refractivity contribution >= 4 is 17.3 Å². The van der Waals surface area contributed by atoms with E-state index in [0.717, 1.165) is 27.9 Å². The molecule has 0 radical (unpaired) electrons. The number of hydrogen-bond donors (Lipinski definition) is 3. The molecule has 0 aromatic rings. The Labute approximate surface area is 121 Å². The van der Waals surface area contributed by atoms with Crippen LogP contribution in [-0.2, 0) is 23.9 Å². The maximum atomic E-state index is 12.0. The van der Waals surface area contributed by atoms with Gasteiger partial charge in [0.1, 0.15) is 6.10 Å². The summed E-state index contributed by atoms with van der Waals surface area (Å²) in [7, 11) is 1.14. The largest absolute Gasteiger partial charge is 0.386 e. The van der Waals surface area contributed by atoms with Crippen LogP contribution in [0.1, 0.15) is 27.2 Å². The lowest BCUT2D eigenvalue weighted by Gasteiger charge is -2.47. The van der Waals surface area contributed by atoms with Gasteiger partial charge in [0, 0.05) is 13.5 Å². The summed E-state index contributed by atoms with van der Waals surface area (Å²) in [6.07, 6.45) is -5.53. The summed E-state index contributed by atoms with van der Waals surface area (Å²) in [5, 5.41) is 30.2. The van der Waals surface area contributed by atoms with E-state index >= 15 is 0 Å². The van der Waals surface area contributed by atoms with Crippen LogP contribution in [0.5, 0.6) is 0 Å². The number of carbonyl (C=O) groups excluding carboxylic acids is 3. The summed E-state index contributed by atoms with van der Waals surface area (Å²) in [6, 6.07) is 0. The predicted octanol–water partition coefficient (Wildman–Crippen LogP) is -1.66. The Kier molecular flexibility index (Phi) is 5.01. The molecule has 0 amide bonds. The van der Waals surface area contributed by atoms with Gasteiger partial charge in [-0.3, -0.25) is 14.4 Å². The van der Waals surface area contributed by atoms with Crippen LogP contribution in [0.15, 0.2) is 0 Å². The quantitative estimate of drug-likeness (QED) is 0.550. The molecular weight excluding hydrogens is 284 g/mol. The lowest BCUT2D eigenvalue weighted by Crippen LogP contribution is -2.69. The van der Waals surface area contributed by atoms with Gasteiger partial charge in [0.2, 0.25) is 0 Å². The number of aliphatic hydroxyl groups excluding tert-OH is 1. The van der Waals surface area contributed by atoms with Crippen molar-refractivity contribution in [3.05, 3.63) is 0 Å². The standard InChI is InChI=1S/C13H20O8/c1-6(14)9(17)10-12(18,7(2)15)5-13(19,8(3)16)11(20-4)21-10/h6,10-11,14,18-19H,5H2,1-4H3/t6?,10-,11+,12-,13+/m1/s1. The molecule has 1 fully saturated rings. The van der Waals surface area contributed by atoms with E-state index in [1.54, 1.807) is 0 Å². The molecule has 1 unspecified atom stereocenters. The minimum Gasteiger partial charge on any atom is -0.386 e. The van der Waals surface area contributed by atoms with Crippen molar-refractivity contribution in [2.75, 3.05) is 7.11 Å². The highest BCUT2D eigenvalue weighted by Gasteiger charge is 2.62. The van der Waals surface area contributed by atoms with E-state index in [1.807, 2.05) is 0 Å². The third-order valence-corrected chi connectivity index (χ3v) is 3.73. The van der Waals surface area contributed by atoms with Gasteiger partial charge in [-0.1, -0.05) is 0 Å². The summed E-state index contributed by atoms with van der Waals surface area (Å²) in [5.74, 6) is -2.59. The fourth-order valence-electron chi connectivity index (χ4n) is 2.31. The molecule has 1 aliphatic rings. The van der Waals surface area contributed by atoms with E-state index < -0.39 is 53.5 Å². The van der Waals surface area contributed by atoms with Crippen molar-refractivity contribution in [3.63, 3.8) is 0 Å². The first-order valence-electron chi connectivity index (χ1n) is 6.37. The third-order valence-electron chi connectivity index (χ3n) is 3.73. The number of ether oxygens (including phenoxy) is 2. The summed E-state index contributed by atoms with van der Waals surface area (Å²) < 4.78 is 9.99. The van der Waals surface area contributed by atoms with Crippen LogP contribution in [0.4, 0.5) is 0 Å². The molecule has 5 atom stereocenters. The zero-order chi connectivity index (χ0) is 16.6. The summed E-state index contributed by atoms with van der Waals surface area (Å²) >= 11 is 0. The average Bonchev–Trinajstić information content (AvgIpc) is 2.37. The van der Waals surface area contributed by atoms with E-state index in [1.165, 1.54) is 0 Å². The molecular formula is C13H20O8. The van der Waals surface area contributed by atoms with E-state index in [4.69, 9.17) is 9.47 Å². The molecule has 1 aliphatic heterocycles. The number of methoxy groups -OCH3 is 1. The summed E-state index contributed by atoms with van der Waals surface area (Å²) in [6.45, 7) is 3.20. The summed E-state index contributed by atoms with van der Waals surface area (Å²) in [4.78, 5) is 35.3. The van der Waals surface area contributed by atoms with Gasteiger partial charge in [0.25, 0.3) is 0 Å². The minimum absolute atomic E-state index is 0.758. The van der Waals surface area contributed by atoms with Gasteiger partial charge in [-0.2, -0.15) is 0 Å². The first-order chi connectivity index (χ1) is 9.50. The van der Waals surface area contributed by atoms with Gasteiger partial charge in [0.15, 0.2) is 40.9 Å².